The highest BCUT2D eigenvalue weighted by Crippen LogP contribution is 2.35. The molecule has 0 bridgehead atoms. The van der Waals surface area contributed by atoms with E-state index >= 15 is 0 Å². The molecule has 5 nitrogen and oxygen atoms in total. The molecule has 152 valence electrons. The fourth-order valence-corrected chi connectivity index (χ4v) is 5.27. The predicted octanol–water partition coefficient (Wildman–Crippen LogP) is 4.75. The van der Waals surface area contributed by atoms with E-state index in [2.05, 4.69) is 0 Å². The van der Waals surface area contributed by atoms with Gasteiger partial charge in [0.2, 0.25) is 0 Å². The molecule has 1 saturated heterocycles. The Hall–Kier alpha value is -2.00. The first-order valence-corrected chi connectivity index (χ1v) is 11.3. The van der Waals surface area contributed by atoms with E-state index in [9.17, 15) is 14.7 Å². The maximum Gasteiger partial charge on any atom is 0.303 e. The second-order valence-electron chi connectivity index (χ2n) is 6.59. The van der Waals surface area contributed by atoms with Gasteiger partial charge < -0.3 is 10.2 Å². The molecular formula is C21H21NO4S3. The number of carbonyl (C=O) groups excluding carboxylic acids is 1. The number of thiophene rings is 1. The lowest BCUT2D eigenvalue weighted by molar-refractivity contribution is -0.137. The maximum absolute atomic E-state index is 12.7. The summed E-state index contributed by atoms with van der Waals surface area (Å²) < 4.78 is 0.543. The van der Waals surface area contributed by atoms with Crippen molar-refractivity contribution < 1.29 is 19.8 Å². The lowest BCUT2D eigenvalue weighted by Crippen LogP contribution is -2.29. The summed E-state index contributed by atoms with van der Waals surface area (Å²) in [5.74, 6) is -0.889. The number of thiocarbonyl (C=S) groups is 1. The minimum absolute atomic E-state index is 0.0214. The number of hydrogen-bond donors (Lipinski definition) is 2. The molecule has 0 saturated carbocycles. The first kappa shape index (κ1) is 21.7. The quantitative estimate of drug-likeness (QED) is 0.328. The highest BCUT2D eigenvalue weighted by Gasteiger charge is 2.31. The van der Waals surface area contributed by atoms with Gasteiger partial charge in [0.05, 0.1) is 11.5 Å². The average molecular weight is 448 g/mol. The lowest BCUT2D eigenvalue weighted by Gasteiger charge is -2.13. The Morgan fingerprint density at radius 1 is 1.21 bits per heavy atom. The summed E-state index contributed by atoms with van der Waals surface area (Å²) in [5, 5.41) is 20.2. The summed E-state index contributed by atoms with van der Waals surface area (Å²) in [6.07, 6.45) is 4.10. The zero-order valence-corrected chi connectivity index (χ0v) is 18.1. The molecule has 1 fully saturated rings. The van der Waals surface area contributed by atoms with Gasteiger partial charge in [-0.05, 0) is 47.1 Å². The van der Waals surface area contributed by atoms with E-state index in [0.29, 0.717) is 22.2 Å². The summed E-state index contributed by atoms with van der Waals surface area (Å²) in [5.41, 5.74) is 2.87. The minimum Gasteiger partial charge on any atom is -0.481 e. The summed E-state index contributed by atoms with van der Waals surface area (Å²) in [6.45, 7) is 0.494. The number of aliphatic hydroxyl groups excluding tert-OH is 1. The van der Waals surface area contributed by atoms with Crippen LogP contribution in [0.2, 0.25) is 0 Å². The number of rotatable bonds is 9. The molecular weight excluding hydrogens is 426 g/mol. The number of carbonyl (C=O) groups is 2. The van der Waals surface area contributed by atoms with Gasteiger partial charge in [0.1, 0.15) is 4.32 Å². The third-order valence-corrected chi connectivity index (χ3v) is 6.80. The molecule has 2 N–H and O–H groups in total. The van der Waals surface area contributed by atoms with Crippen molar-refractivity contribution >= 4 is 57.6 Å². The Morgan fingerprint density at radius 3 is 2.76 bits per heavy atom. The van der Waals surface area contributed by atoms with Gasteiger partial charge in [0, 0.05) is 17.8 Å². The van der Waals surface area contributed by atoms with E-state index in [1.807, 2.05) is 41.8 Å². The molecule has 2 heterocycles. The van der Waals surface area contributed by atoms with Crippen molar-refractivity contribution in [3.8, 4) is 11.1 Å². The standard InChI is InChI=1S/C21H21NO4S3/c23-12-14-6-3-4-7-17(14)15-10-16(28-13-15)11-18-20(26)22(21(27)29-18)9-5-1-2-8-19(24)25/h3-4,6-7,10-11,13,23H,1-2,5,8-9,12H2,(H,24,25)/b18-11-. The Bertz CT molecular complexity index is 951. The van der Waals surface area contributed by atoms with Crippen LogP contribution in [0.3, 0.4) is 0 Å². The molecule has 0 aliphatic carbocycles. The smallest absolute Gasteiger partial charge is 0.303 e. The van der Waals surface area contributed by atoms with Crippen LogP contribution in [0.15, 0.2) is 40.6 Å². The zero-order chi connectivity index (χ0) is 20.8. The highest BCUT2D eigenvalue weighted by molar-refractivity contribution is 8.26. The van der Waals surface area contributed by atoms with Gasteiger partial charge in [0.15, 0.2) is 0 Å². The van der Waals surface area contributed by atoms with Crippen molar-refractivity contribution in [3.63, 3.8) is 0 Å². The van der Waals surface area contributed by atoms with E-state index in [1.54, 1.807) is 16.2 Å². The van der Waals surface area contributed by atoms with Crippen LogP contribution >= 0.6 is 35.3 Å². The van der Waals surface area contributed by atoms with Crippen LogP contribution in [0.25, 0.3) is 17.2 Å². The van der Waals surface area contributed by atoms with Crippen LogP contribution in [0.4, 0.5) is 0 Å². The number of aliphatic hydroxyl groups is 1. The number of nitrogens with zero attached hydrogens (tertiary/aromatic N) is 1. The molecule has 8 heteroatoms. The average Bonchev–Trinajstić information content (AvgIpc) is 3.27. The van der Waals surface area contributed by atoms with E-state index < -0.39 is 5.97 Å². The molecule has 0 radical (unpaired) electrons. The summed E-state index contributed by atoms with van der Waals surface area (Å²) in [4.78, 5) is 26.4. The van der Waals surface area contributed by atoms with Gasteiger partial charge in [-0.2, -0.15) is 0 Å². The molecule has 0 unspecified atom stereocenters. The van der Waals surface area contributed by atoms with Crippen LogP contribution in [-0.4, -0.2) is 37.9 Å². The molecule has 0 atom stereocenters. The van der Waals surface area contributed by atoms with Crippen LogP contribution in [-0.2, 0) is 16.2 Å². The van der Waals surface area contributed by atoms with E-state index in [4.69, 9.17) is 17.3 Å². The molecule has 0 spiro atoms. The highest BCUT2D eigenvalue weighted by atomic mass is 32.2. The normalized spacial score (nSPS) is 15.5. The lowest BCUT2D eigenvalue weighted by atomic mass is 10.0. The molecule has 2 aromatic rings. The van der Waals surface area contributed by atoms with Gasteiger partial charge in [-0.15, -0.1) is 11.3 Å². The van der Waals surface area contributed by atoms with Crippen molar-refractivity contribution in [2.45, 2.75) is 32.3 Å². The minimum atomic E-state index is -0.796. The maximum atomic E-state index is 12.7. The first-order chi connectivity index (χ1) is 14.0. The molecule has 1 aromatic carbocycles. The third-order valence-electron chi connectivity index (χ3n) is 4.54. The largest absolute Gasteiger partial charge is 0.481 e. The number of amides is 1. The number of benzene rings is 1. The van der Waals surface area contributed by atoms with E-state index in [-0.39, 0.29) is 18.9 Å². The molecule has 29 heavy (non-hydrogen) atoms. The molecule has 1 aliphatic heterocycles. The van der Waals surface area contributed by atoms with Gasteiger partial charge >= 0.3 is 5.97 Å². The van der Waals surface area contributed by atoms with Crippen molar-refractivity contribution in [1.82, 2.24) is 4.90 Å². The van der Waals surface area contributed by atoms with Crippen molar-refractivity contribution in [1.29, 1.82) is 0 Å². The van der Waals surface area contributed by atoms with Gasteiger partial charge in [-0.25, -0.2) is 0 Å². The second-order valence-corrected chi connectivity index (χ2v) is 9.21. The number of thioether (sulfide) groups is 1. The number of aliphatic carboxylic acids is 1. The number of unbranched alkanes of at least 4 members (excludes halogenated alkanes) is 2. The molecule has 1 aromatic heterocycles. The first-order valence-electron chi connectivity index (χ1n) is 9.24. The summed E-state index contributed by atoms with van der Waals surface area (Å²) in [7, 11) is 0. The van der Waals surface area contributed by atoms with E-state index in [0.717, 1.165) is 34.4 Å². The van der Waals surface area contributed by atoms with Gasteiger partial charge in [0.25, 0.3) is 5.91 Å². The van der Waals surface area contributed by atoms with Crippen LogP contribution in [0.5, 0.6) is 0 Å². The van der Waals surface area contributed by atoms with Crippen molar-refractivity contribution in [2.24, 2.45) is 0 Å². The van der Waals surface area contributed by atoms with Crippen molar-refractivity contribution in [3.05, 3.63) is 51.1 Å². The van der Waals surface area contributed by atoms with Gasteiger partial charge in [-0.1, -0.05) is 54.7 Å². The second kappa shape index (κ2) is 10.2. The molecule has 3 rings (SSSR count). The van der Waals surface area contributed by atoms with Gasteiger partial charge in [-0.3, -0.25) is 14.5 Å². The molecule has 1 amide bonds. The Morgan fingerprint density at radius 2 is 2.00 bits per heavy atom. The Labute approximate surface area is 183 Å². The number of hydrogen-bond acceptors (Lipinski definition) is 6. The fraction of sp³-hybridized carbons (Fsp3) is 0.286. The van der Waals surface area contributed by atoms with Crippen LogP contribution in [0, 0.1) is 0 Å². The summed E-state index contributed by atoms with van der Waals surface area (Å²) >= 11 is 8.19. The predicted molar refractivity (Wildman–Crippen MR) is 122 cm³/mol. The van der Waals surface area contributed by atoms with Crippen LogP contribution < -0.4 is 0 Å². The zero-order valence-electron chi connectivity index (χ0n) is 15.7. The molecule has 1 aliphatic rings. The number of carboxylic acid groups (broad SMARTS) is 1. The van der Waals surface area contributed by atoms with Crippen molar-refractivity contribution in [2.75, 3.05) is 6.54 Å². The summed E-state index contributed by atoms with van der Waals surface area (Å²) in [6, 6.07) is 9.72. The third kappa shape index (κ3) is 5.54. The van der Waals surface area contributed by atoms with E-state index in [1.165, 1.54) is 11.8 Å². The number of carboxylic acids is 1. The fourth-order valence-electron chi connectivity index (χ4n) is 3.05. The van der Waals surface area contributed by atoms with Crippen LogP contribution in [0.1, 0.15) is 36.1 Å². The SMILES string of the molecule is O=C(O)CCCCCN1C(=O)/C(=C/c2cc(-c3ccccc3CO)cs2)SC1=S. The Kier molecular flexibility index (Phi) is 7.60. The topological polar surface area (TPSA) is 77.8 Å². The monoisotopic (exact) mass is 447 g/mol. The Balaban J connectivity index is 1.65.